The van der Waals surface area contributed by atoms with E-state index in [-0.39, 0.29) is 17.9 Å². The fraction of sp³-hybridized carbons (Fsp3) is 0.263. The molecule has 1 fully saturated rings. The molecule has 2 aromatic carbocycles. The van der Waals surface area contributed by atoms with E-state index in [1.54, 1.807) is 4.90 Å². The van der Waals surface area contributed by atoms with Crippen LogP contribution < -0.4 is 10.2 Å². The topological polar surface area (TPSA) is 49.4 Å². The number of halogens is 1. The van der Waals surface area contributed by atoms with Gasteiger partial charge in [0.1, 0.15) is 5.92 Å². The summed E-state index contributed by atoms with van der Waals surface area (Å²) in [6, 6.07) is 17.2. The molecule has 124 valence electrons. The van der Waals surface area contributed by atoms with Crippen LogP contribution in [0, 0.1) is 5.92 Å². The molecule has 1 heterocycles. The monoisotopic (exact) mass is 386 g/mol. The quantitative estimate of drug-likeness (QED) is 0.814. The predicted octanol–water partition coefficient (Wildman–Crippen LogP) is 3.68. The van der Waals surface area contributed by atoms with Crippen LogP contribution in [0.4, 0.5) is 5.69 Å². The van der Waals surface area contributed by atoms with Gasteiger partial charge in [0.2, 0.25) is 11.8 Å². The Bertz CT molecular complexity index is 748. The van der Waals surface area contributed by atoms with Crippen molar-refractivity contribution in [2.45, 2.75) is 19.4 Å². The molecule has 4 nitrogen and oxygen atoms in total. The van der Waals surface area contributed by atoms with E-state index in [2.05, 4.69) is 21.2 Å². The first-order valence-corrected chi connectivity index (χ1v) is 8.78. The summed E-state index contributed by atoms with van der Waals surface area (Å²) in [7, 11) is 0. The number of hydrogen-bond donors (Lipinski definition) is 1. The molecular formula is C19H19BrN2O2. The molecule has 2 unspecified atom stereocenters. The highest BCUT2D eigenvalue weighted by Crippen LogP contribution is 2.28. The van der Waals surface area contributed by atoms with Gasteiger partial charge < -0.3 is 10.2 Å². The molecule has 0 radical (unpaired) electrons. The van der Waals surface area contributed by atoms with Crippen LogP contribution in [0.3, 0.4) is 0 Å². The molecule has 24 heavy (non-hydrogen) atoms. The molecule has 0 bridgehead atoms. The standard InChI is InChI=1S/C19H19BrN2O2/c1-13(14-6-3-2-4-7-14)21-18(23)17-10-11-22(19(17)24)16-9-5-8-15(20)12-16/h2-9,12-13,17H,10-11H2,1H3,(H,21,23). The van der Waals surface area contributed by atoms with Gasteiger partial charge in [-0.05, 0) is 37.1 Å². The number of benzene rings is 2. The van der Waals surface area contributed by atoms with Crippen molar-refractivity contribution in [3.8, 4) is 0 Å². The zero-order valence-corrected chi connectivity index (χ0v) is 15.0. The van der Waals surface area contributed by atoms with E-state index in [1.807, 2.05) is 61.5 Å². The van der Waals surface area contributed by atoms with Gasteiger partial charge in [-0.15, -0.1) is 0 Å². The minimum Gasteiger partial charge on any atom is -0.349 e. The second-order valence-electron chi connectivity index (χ2n) is 5.95. The molecule has 1 aliphatic rings. The number of carbonyl (C=O) groups excluding carboxylic acids is 2. The Morgan fingerprint density at radius 2 is 1.96 bits per heavy atom. The van der Waals surface area contributed by atoms with Gasteiger partial charge in [-0.25, -0.2) is 0 Å². The summed E-state index contributed by atoms with van der Waals surface area (Å²) in [5.41, 5.74) is 1.85. The van der Waals surface area contributed by atoms with Crippen LogP contribution in [-0.4, -0.2) is 18.4 Å². The molecule has 0 saturated carbocycles. The molecule has 1 aliphatic heterocycles. The summed E-state index contributed by atoms with van der Waals surface area (Å²) >= 11 is 3.41. The molecule has 1 saturated heterocycles. The molecule has 2 atom stereocenters. The Kier molecular flexibility index (Phi) is 5.00. The van der Waals surface area contributed by atoms with Crippen molar-refractivity contribution < 1.29 is 9.59 Å². The van der Waals surface area contributed by atoms with Gasteiger partial charge >= 0.3 is 0 Å². The van der Waals surface area contributed by atoms with E-state index >= 15 is 0 Å². The van der Waals surface area contributed by atoms with Gasteiger partial charge in [-0.1, -0.05) is 52.3 Å². The normalized spacial score (nSPS) is 18.5. The highest BCUT2D eigenvalue weighted by atomic mass is 79.9. The second kappa shape index (κ2) is 7.18. The summed E-state index contributed by atoms with van der Waals surface area (Å²) in [5.74, 6) is -0.949. The Hall–Kier alpha value is -2.14. The lowest BCUT2D eigenvalue weighted by Crippen LogP contribution is -2.38. The van der Waals surface area contributed by atoms with Crippen LogP contribution in [0.1, 0.15) is 24.9 Å². The molecule has 1 N–H and O–H groups in total. The van der Waals surface area contributed by atoms with Crippen molar-refractivity contribution in [2.75, 3.05) is 11.4 Å². The number of nitrogens with one attached hydrogen (secondary N) is 1. The number of carbonyl (C=O) groups is 2. The van der Waals surface area contributed by atoms with E-state index in [0.717, 1.165) is 15.7 Å². The number of amides is 2. The summed E-state index contributed by atoms with van der Waals surface area (Å²) in [5, 5.41) is 2.96. The smallest absolute Gasteiger partial charge is 0.239 e. The van der Waals surface area contributed by atoms with E-state index < -0.39 is 5.92 Å². The predicted molar refractivity (Wildman–Crippen MR) is 97.6 cm³/mol. The third-order valence-electron chi connectivity index (χ3n) is 4.30. The minimum atomic E-state index is -0.616. The maximum Gasteiger partial charge on any atom is 0.239 e. The Morgan fingerprint density at radius 1 is 1.21 bits per heavy atom. The molecule has 0 aliphatic carbocycles. The van der Waals surface area contributed by atoms with Crippen molar-refractivity contribution in [2.24, 2.45) is 5.92 Å². The lowest BCUT2D eigenvalue weighted by Gasteiger charge is -2.19. The molecule has 0 aromatic heterocycles. The van der Waals surface area contributed by atoms with Crippen molar-refractivity contribution in [1.82, 2.24) is 5.32 Å². The minimum absolute atomic E-state index is 0.119. The Labute approximate surface area is 150 Å². The van der Waals surface area contributed by atoms with E-state index in [0.29, 0.717) is 13.0 Å². The Morgan fingerprint density at radius 3 is 2.67 bits per heavy atom. The van der Waals surface area contributed by atoms with Crippen molar-refractivity contribution in [1.29, 1.82) is 0 Å². The fourth-order valence-corrected chi connectivity index (χ4v) is 3.35. The molecule has 0 spiro atoms. The second-order valence-corrected chi connectivity index (χ2v) is 6.87. The summed E-state index contributed by atoms with van der Waals surface area (Å²) in [4.78, 5) is 26.8. The first-order valence-electron chi connectivity index (χ1n) is 7.98. The third-order valence-corrected chi connectivity index (χ3v) is 4.79. The summed E-state index contributed by atoms with van der Waals surface area (Å²) in [6.45, 7) is 2.49. The zero-order valence-electron chi connectivity index (χ0n) is 13.4. The summed E-state index contributed by atoms with van der Waals surface area (Å²) in [6.07, 6.45) is 0.540. The van der Waals surface area contributed by atoms with Crippen molar-refractivity contribution in [3.63, 3.8) is 0 Å². The molecule has 2 aromatic rings. The van der Waals surface area contributed by atoms with E-state index in [9.17, 15) is 9.59 Å². The Balaban J connectivity index is 1.67. The van der Waals surface area contributed by atoms with Crippen LogP contribution >= 0.6 is 15.9 Å². The van der Waals surface area contributed by atoms with Gasteiger partial charge in [0.25, 0.3) is 0 Å². The summed E-state index contributed by atoms with van der Waals surface area (Å²) < 4.78 is 0.915. The van der Waals surface area contributed by atoms with Gasteiger partial charge in [-0.3, -0.25) is 9.59 Å². The van der Waals surface area contributed by atoms with Crippen LogP contribution in [0.15, 0.2) is 59.1 Å². The molecule has 3 rings (SSSR count). The van der Waals surface area contributed by atoms with Gasteiger partial charge in [0.15, 0.2) is 0 Å². The van der Waals surface area contributed by atoms with E-state index in [1.165, 1.54) is 0 Å². The average molecular weight is 387 g/mol. The number of rotatable bonds is 4. The lowest BCUT2D eigenvalue weighted by molar-refractivity contribution is -0.132. The number of hydrogen-bond acceptors (Lipinski definition) is 2. The molecule has 2 amide bonds. The van der Waals surface area contributed by atoms with Gasteiger partial charge in [-0.2, -0.15) is 0 Å². The number of anilines is 1. The van der Waals surface area contributed by atoms with Crippen LogP contribution in [0.2, 0.25) is 0 Å². The van der Waals surface area contributed by atoms with Crippen molar-refractivity contribution in [3.05, 3.63) is 64.6 Å². The van der Waals surface area contributed by atoms with Gasteiger partial charge in [0.05, 0.1) is 6.04 Å². The first-order chi connectivity index (χ1) is 11.6. The van der Waals surface area contributed by atoms with Crippen LogP contribution in [0.5, 0.6) is 0 Å². The van der Waals surface area contributed by atoms with E-state index in [4.69, 9.17) is 0 Å². The zero-order chi connectivity index (χ0) is 17.1. The van der Waals surface area contributed by atoms with Crippen LogP contribution in [0.25, 0.3) is 0 Å². The SMILES string of the molecule is CC(NC(=O)C1CCN(c2cccc(Br)c2)C1=O)c1ccccc1. The molecule has 5 heteroatoms. The highest BCUT2D eigenvalue weighted by Gasteiger charge is 2.38. The average Bonchev–Trinajstić information content (AvgIpc) is 2.97. The third kappa shape index (κ3) is 3.51. The maximum atomic E-state index is 12.6. The highest BCUT2D eigenvalue weighted by molar-refractivity contribution is 9.10. The van der Waals surface area contributed by atoms with Crippen LogP contribution in [-0.2, 0) is 9.59 Å². The lowest BCUT2D eigenvalue weighted by atomic mass is 10.0. The maximum absolute atomic E-state index is 12.6. The number of nitrogens with zero attached hydrogens (tertiary/aromatic N) is 1. The van der Waals surface area contributed by atoms with Crippen molar-refractivity contribution >= 4 is 33.4 Å². The molecular weight excluding hydrogens is 368 g/mol. The first kappa shape index (κ1) is 16.7. The van der Waals surface area contributed by atoms with Gasteiger partial charge in [0, 0.05) is 16.7 Å². The largest absolute Gasteiger partial charge is 0.349 e. The fourth-order valence-electron chi connectivity index (χ4n) is 2.96.